The van der Waals surface area contributed by atoms with Crippen molar-refractivity contribution >= 4 is 55.3 Å². The molecule has 5 rings (SSSR count). The van der Waals surface area contributed by atoms with Crippen molar-refractivity contribution in [3.8, 4) is 0 Å². The second-order valence-corrected chi connectivity index (χ2v) is 6.95. The van der Waals surface area contributed by atoms with Gasteiger partial charge in [0.25, 0.3) is 0 Å². The van der Waals surface area contributed by atoms with Gasteiger partial charge in [-0.2, -0.15) is 0 Å². The van der Waals surface area contributed by atoms with Crippen LogP contribution in [0.5, 0.6) is 0 Å². The van der Waals surface area contributed by atoms with Crippen LogP contribution in [0.2, 0.25) is 0 Å². The van der Waals surface area contributed by atoms with E-state index in [1.165, 1.54) is 0 Å². The van der Waals surface area contributed by atoms with Crippen LogP contribution in [0.25, 0.3) is 43.4 Å². The van der Waals surface area contributed by atoms with Gasteiger partial charge in [-0.15, -0.1) is 0 Å². The summed E-state index contributed by atoms with van der Waals surface area (Å²) in [5.41, 5.74) is 1.91. The number of benzene rings is 3. The molecule has 2 heterocycles. The maximum atomic E-state index is 12.4. The number of pyridine rings is 2. The van der Waals surface area contributed by atoms with Crippen LogP contribution in [-0.4, -0.2) is 35.1 Å². The van der Waals surface area contributed by atoms with Gasteiger partial charge in [-0.25, -0.2) is 19.6 Å². The quantitative estimate of drug-likeness (QED) is 0.244. The van der Waals surface area contributed by atoms with Crippen LogP contribution >= 0.6 is 0 Å². The molecular weight excluding hydrogens is 380 g/mol. The molecule has 2 aromatic heterocycles. The summed E-state index contributed by atoms with van der Waals surface area (Å²) < 4.78 is 10.3. The van der Waals surface area contributed by atoms with Crippen LogP contribution < -0.4 is 0 Å². The van der Waals surface area contributed by atoms with E-state index in [1.54, 1.807) is 26.0 Å². The molecule has 0 radical (unpaired) electrons. The fraction of sp³-hybridized carbons (Fsp3) is 0.167. The minimum atomic E-state index is -0.449. The lowest BCUT2D eigenvalue weighted by Gasteiger charge is -2.15. The molecule has 30 heavy (non-hydrogen) atoms. The lowest BCUT2D eigenvalue weighted by Crippen LogP contribution is -2.09. The Hall–Kier alpha value is -3.80. The van der Waals surface area contributed by atoms with Crippen molar-refractivity contribution in [1.82, 2.24) is 9.97 Å². The van der Waals surface area contributed by atoms with Crippen LogP contribution in [0, 0.1) is 0 Å². The number of hydrogen-bond acceptors (Lipinski definition) is 6. The molecule has 0 aliphatic heterocycles. The standard InChI is InChI=1S/C24H18N2O4/c1-3-29-23(27)19-11-15-13-7-5-6-8-14(13)16-12-20(24(28)30-4-2)26-18-10-9-17(25-19)21(15)22(16)18/h5-12H,3-4H2,1-2H3. The fourth-order valence-corrected chi connectivity index (χ4v) is 4.05. The second kappa shape index (κ2) is 6.91. The normalized spacial score (nSPS) is 11.5. The van der Waals surface area contributed by atoms with E-state index in [2.05, 4.69) is 9.97 Å². The highest BCUT2D eigenvalue weighted by Crippen LogP contribution is 2.40. The minimum Gasteiger partial charge on any atom is -0.461 e. The van der Waals surface area contributed by atoms with E-state index >= 15 is 0 Å². The van der Waals surface area contributed by atoms with Gasteiger partial charge in [0.05, 0.1) is 24.2 Å². The Morgan fingerprint density at radius 1 is 0.700 bits per heavy atom. The maximum absolute atomic E-state index is 12.4. The molecule has 0 aliphatic rings. The van der Waals surface area contributed by atoms with Crippen LogP contribution in [0.15, 0.2) is 48.5 Å². The number of carbonyl (C=O) groups is 2. The average molecular weight is 398 g/mol. The zero-order valence-corrected chi connectivity index (χ0v) is 16.6. The zero-order chi connectivity index (χ0) is 20.8. The highest BCUT2D eigenvalue weighted by molar-refractivity contribution is 6.33. The van der Waals surface area contributed by atoms with Crippen molar-refractivity contribution in [3.63, 3.8) is 0 Å². The number of rotatable bonds is 4. The van der Waals surface area contributed by atoms with E-state index < -0.39 is 11.9 Å². The number of nitrogens with zero attached hydrogens (tertiary/aromatic N) is 2. The molecule has 0 unspecified atom stereocenters. The van der Waals surface area contributed by atoms with Gasteiger partial charge >= 0.3 is 11.9 Å². The fourth-order valence-electron chi connectivity index (χ4n) is 4.05. The maximum Gasteiger partial charge on any atom is 0.356 e. The highest BCUT2D eigenvalue weighted by atomic mass is 16.5. The molecule has 148 valence electrons. The summed E-state index contributed by atoms with van der Waals surface area (Å²) >= 11 is 0. The number of aromatic nitrogens is 2. The second-order valence-electron chi connectivity index (χ2n) is 6.95. The highest BCUT2D eigenvalue weighted by Gasteiger charge is 2.20. The Morgan fingerprint density at radius 2 is 1.13 bits per heavy atom. The van der Waals surface area contributed by atoms with E-state index in [9.17, 15) is 9.59 Å². The molecule has 0 spiro atoms. The van der Waals surface area contributed by atoms with Crippen molar-refractivity contribution < 1.29 is 19.1 Å². The van der Waals surface area contributed by atoms with Crippen LogP contribution in [0.3, 0.4) is 0 Å². The van der Waals surface area contributed by atoms with E-state index in [-0.39, 0.29) is 24.6 Å². The number of ether oxygens (including phenoxy) is 2. The summed E-state index contributed by atoms with van der Waals surface area (Å²) in [6, 6.07) is 15.1. The van der Waals surface area contributed by atoms with E-state index in [0.717, 1.165) is 32.3 Å². The minimum absolute atomic E-state index is 0.271. The van der Waals surface area contributed by atoms with Crippen molar-refractivity contribution in [1.29, 1.82) is 0 Å². The first-order valence-corrected chi connectivity index (χ1v) is 9.85. The van der Waals surface area contributed by atoms with Crippen LogP contribution in [-0.2, 0) is 9.47 Å². The summed E-state index contributed by atoms with van der Waals surface area (Å²) in [4.78, 5) is 33.9. The Kier molecular flexibility index (Phi) is 4.20. The van der Waals surface area contributed by atoms with Crippen molar-refractivity contribution in [2.24, 2.45) is 0 Å². The molecule has 0 atom stereocenters. The predicted octanol–water partition coefficient (Wildman–Crippen LogP) is 4.88. The van der Waals surface area contributed by atoms with Crippen LogP contribution in [0.1, 0.15) is 34.8 Å². The topological polar surface area (TPSA) is 78.4 Å². The zero-order valence-electron chi connectivity index (χ0n) is 16.6. The predicted molar refractivity (Wildman–Crippen MR) is 115 cm³/mol. The molecule has 3 aromatic carbocycles. The van der Waals surface area contributed by atoms with Gasteiger partial charge in [0.1, 0.15) is 11.4 Å². The average Bonchev–Trinajstić information content (AvgIpc) is 2.77. The summed E-state index contributed by atoms with van der Waals surface area (Å²) in [6.45, 7) is 4.11. The largest absolute Gasteiger partial charge is 0.461 e. The Labute approximate surface area is 171 Å². The van der Waals surface area contributed by atoms with Gasteiger partial charge < -0.3 is 9.47 Å². The molecule has 6 nitrogen and oxygen atoms in total. The summed E-state index contributed by atoms with van der Waals surface area (Å²) in [6.07, 6.45) is 0. The van der Waals surface area contributed by atoms with Gasteiger partial charge in [0, 0.05) is 10.8 Å². The molecule has 0 saturated heterocycles. The lowest BCUT2D eigenvalue weighted by atomic mass is 9.92. The molecule has 6 heteroatoms. The third-order valence-electron chi connectivity index (χ3n) is 5.22. The molecule has 0 N–H and O–H groups in total. The first-order valence-electron chi connectivity index (χ1n) is 9.85. The number of hydrogen-bond donors (Lipinski definition) is 0. The molecule has 0 amide bonds. The molecule has 0 bridgehead atoms. The number of carbonyl (C=O) groups excluding carboxylic acids is 2. The third kappa shape index (κ3) is 2.64. The molecule has 5 aromatic rings. The van der Waals surface area contributed by atoms with E-state index in [1.807, 2.05) is 36.4 Å². The first-order chi connectivity index (χ1) is 14.6. The summed E-state index contributed by atoms with van der Waals surface area (Å²) in [5.74, 6) is -0.899. The Morgan fingerprint density at radius 3 is 1.53 bits per heavy atom. The Balaban J connectivity index is 1.95. The van der Waals surface area contributed by atoms with Crippen molar-refractivity contribution in [3.05, 3.63) is 59.9 Å². The summed E-state index contributed by atoms with van der Waals surface area (Å²) in [5, 5.41) is 5.58. The lowest BCUT2D eigenvalue weighted by molar-refractivity contribution is 0.0510. The van der Waals surface area contributed by atoms with Crippen molar-refractivity contribution in [2.75, 3.05) is 13.2 Å². The Bertz CT molecular complexity index is 1350. The third-order valence-corrected chi connectivity index (χ3v) is 5.22. The monoisotopic (exact) mass is 398 g/mol. The van der Waals surface area contributed by atoms with Gasteiger partial charge in [-0.3, -0.25) is 0 Å². The number of esters is 2. The van der Waals surface area contributed by atoms with Crippen LogP contribution in [0.4, 0.5) is 0 Å². The van der Waals surface area contributed by atoms with Gasteiger partial charge in [0.15, 0.2) is 0 Å². The van der Waals surface area contributed by atoms with E-state index in [4.69, 9.17) is 9.47 Å². The molecule has 0 fully saturated rings. The molecular formula is C24H18N2O4. The van der Waals surface area contributed by atoms with Crippen molar-refractivity contribution in [2.45, 2.75) is 13.8 Å². The molecule has 0 saturated carbocycles. The summed E-state index contributed by atoms with van der Waals surface area (Å²) in [7, 11) is 0. The SMILES string of the molecule is CCOC(=O)c1cc2c3ccccc3c3cc(C(=O)OCC)nc4ccc(n1)c2c43. The molecule has 0 aliphatic carbocycles. The van der Waals surface area contributed by atoms with E-state index in [0.29, 0.717) is 11.0 Å². The van der Waals surface area contributed by atoms with Gasteiger partial charge in [0.2, 0.25) is 0 Å². The first kappa shape index (κ1) is 18.2. The number of fused-ring (bicyclic) bond motifs is 3. The smallest absolute Gasteiger partial charge is 0.356 e. The van der Waals surface area contributed by atoms with Gasteiger partial charge in [-0.05, 0) is 59.7 Å². The van der Waals surface area contributed by atoms with Gasteiger partial charge in [-0.1, -0.05) is 24.3 Å².